The van der Waals surface area contributed by atoms with Crippen LogP contribution in [0.5, 0.6) is 5.75 Å². The fourth-order valence-electron chi connectivity index (χ4n) is 3.18. The SMILES string of the molecule is CCC(NC(=O)c1cc(Cl)c(N)cc1OC)N1Cc2ccccc2C1. The molecule has 0 aliphatic carbocycles. The lowest BCUT2D eigenvalue weighted by Crippen LogP contribution is -2.45. The summed E-state index contributed by atoms with van der Waals surface area (Å²) in [5.41, 5.74) is 9.18. The third kappa shape index (κ3) is 3.57. The molecular weight excluding hydrogens is 338 g/mol. The minimum absolute atomic E-state index is 0.0686. The van der Waals surface area contributed by atoms with E-state index in [0.29, 0.717) is 22.0 Å². The first-order valence-electron chi connectivity index (χ1n) is 8.28. The van der Waals surface area contributed by atoms with Gasteiger partial charge in [0.2, 0.25) is 0 Å². The number of halogens is 1. The highest BCUT2D eigenvalue weighted by Gasteiger charge is 2.27. The van der Waals surface area contributed by atoms with Crippen LogP contribution in [0.25, 0.3) is 0 Å². The molecule has 1 aliphatic rings. The van der Waals surface area contributed by atoms with Crippen LogP contribution in [-0.4, -0.2) is 24.1 Å². The summed E-state index contributed by atoms with van der Waals surface area (Å²) in [6, 6.07) is 11.5. The highest BCUT2D eigenvalue weighted by atomic mass is 35.5. The maximum Gasteiger partial charge on any atom is 0.256 e. The number of fused-ring (bicyclic) bond motifs is 1. The second-order valence-corrected chi connectivity index (χ2v) is 6.55. The fourth-order valence-corrected chi connectivity index (χ4v) is 3.34. The number of anilines is 1. The maximum absolute atomic E-state index is 12.8. The molecule has 2 aromatic carbocycles. The highest BCUT2D eigenvalue weighted by molar-refractivity contribution is 6.33. The van der Waals surface area contributed by atoms with Crippen LogP contribution < -0.4 is 15.8 Å². The summed E-state index contributed by atoms with van der Waals surface area (Å²) >= 11 is 6.07. The Labute approximate surface area is 152 Å². The van der Waals surface area contributed by atoms with Crippen molar-refractivity contribution in [2.24, 2.45) is 0 Å². The number of nitrogens with zero attached hydrogens (tertiary/aromatic N) is 1. The second-order valence-electron chi connectivity index (χ2n) is 6.15. The van der Waals surface area contributed by atoms with E-state index in [1.807, 2.05) is 12.1 Å². The Kier molecular flexibility index (Phi) is 5.16. The van der Waals surface area contributed by atoms with Crippen molar-refractivity contribution in [3.8, 4) is 5.75 Å². The molecule has 6 heteroatoms. The Morgan fingerprint density at radius 1 is 1.32 bits per heavy atom. The molecule has 1 amide bonds. The lowest BCUT2D eigenvalue weighted by molar-refractivity contribution is 0.0834. The van der Waals surface area contributed by atoms with Gasteiger partial charge in [0.1, 0.15) is 5.75 Å². The van der Waals surface area contributed by atoms with Crippen molar-refractivity contribution in [1.82, 2.24) is 10.2 Å². The lowest BCUT2D eigenvalue weighted by atomic mass is 10.1. The molecule has 3 rings (SSSR count). The molecule has 2 aromatic rings. The zero-order chi connectivity index (χ0) is 18.0. The van der Waals surface area contributed by atoms with Crippen LogP contribution >= 0.6 is 11.6 Å². The Bertz CT molecular complexity index is 769. The van der Waals surface area contributed by atoms with Crippen molar-refractivity contribution in [3.63, 3.8) is 0 Å². The first-order valence-corrected chi connectivity index (χ1v) is 8.66. The molecule has 1 atom stereocenters. The molecule has 0 fully saturated rings. The molecule has 0 aromatic heterocycles. The average Bonchev–Trinajstić information content (AvgIpc) is 3.05. The number of nitrogens with two attached hydrogens (primary N) is 1. The molecule has 0 bridgehead atoms. The molecule has 0 saturated carbocycles. The van der Waals surface area contributed by atoms with Crippen molar-refractivity contribution >= 4 is 23.2 Å². The van der Waals surface area contributed by atoms with Crippen LogP contribution in [0.15, 0.2) is 36.4 Å². The number of carbonyl (C=O) groups is 1. The minimum atomic E-state index is -0.221. The number of nitrogens with one attached hydrogen (secondary N) is 1. The second kappa shape index (κ2) is 7.33. The maximum atomic E-state index is 12.8. The van der Waals surface area contributed by atoms with Crippen molar-refractivity contribution in [2.45, 2.75) is 32.6 Å². The normalized spacial score (nSPS) is 14.8. The van der Waals surface area contributed by atoms with E-state index in [2.05, 4.69) is 29.3 Å². The Morgan fingerprint density at radius 2 is 1.96 bits per heavy atom. The molecule has 5 nitrogen and oxygen atoms in total. The quantitative estimate of drug-likeness (QED) is 0.803. The van der Waals surface area contributed by atoms with Crippen LogP contribution in [0.4, 0.5) is 5.69 Å². The van der Waals surface area contributed by atoms with Gasteiger partial charge in [-0.15, -0.1) is 0 Å². The molecular formula is C19H22ClN3O2. The van der Waals surface area contributed by atoms with Crippen LogP contribution in [-0.2, 0) is 13.1 Å². The minimum Gasteiger partial charge on any atom is -0.496 e. The van der Waals surface area contributed by atoms with Gasteiger partial charge in [0.05, 0.1) is 29.5 Å². The van der Waals surface area contributed by atoms with Gasteiger partial charge in [0.15, 0.2) is 0 Å². The van der Waals surface area contributed by atoms with Crippen molar-refractivity contribution < 1.29 is 9.53 Å². The standard InChI is InChI=1S/C19H22ClN3O2/c1-3-18(23-10-12-6-4-5-7-13(12)11-23)22-19(24)14-8-15(20)16(21)9-17(14)25-2/h4-9,18H,3,10-11,21H2,1-2H3,(H,22,24). The number of methoxy groups -OCH3 is 1. The Morgan fingerprint density at radius 3 is 2.52 bits per heavy atom. The largest absolute Gasteiger partial charge is 0.496 e. The van der Waals surface area contributed by atoms with E-state index < -0.39 is 0 Å². The van der Waals surface area contributed by atoms with Gasteiger partial charge in [0.25, 0.3) is 5.91 Å². The number of rotatable bonds is 5. The molecule has 3 N–H and O–H groups in total. The van der Waals surface area contributed by atoms with Gasteiger partial charge in [-0.05, 0) is 23.6 Å². The summed E-state index contributed by atoms with van der Waals surface area (Å²) < 4.78 is 5.28. The number of hydrogen-bond donors (Lipinski definition) is 2. The van der Waals surface area contributed by atoms with Crippen molar-refractivity contribution in [2.75, 3.05) is 12.8 Å². The lowest BCUT2D eigenvalue weighted by Gasteiger charge is -2.27. The van der Waals surface area contributed by atoms with E-state index in [9.17, 15) is 4.79 Å². The number of carbonyl (C=O) groups excluding carboxylic acids is 1. The van der Waals surface area contributed by atoms with E-state index in [-0.39, 0.29) is 12.1 Å². The van der Waals surface area contributed by atoms with Crippen molar-refractivity contribution in [3.05, 3.63) is 58.1 Å². The number of hydrogen-bond acceptors (Lipinski definition) is 4. The van der Waals surface area contributed by atoms with E-state index in [1.165, 1.54) is 18.2 Å². The topological polar surface area (TPSA) is 67.6 Å². The van der Waals surface area contributed by atoms with Gasteiger partial charge in [0, 0.05) is 19.2 Å². The zero-order valence-corrected chi connectivity index (χ0v) is 15.1. The van der Waals surface area contributed by atoms with E-state index in [1.54, 1.807) is 12.1 Å². The van der Waals surface area contributed by atoms with E-state index in [0.717, 1.165) is 19.5 Å². The summed E-state index contributed by atoms with van der Waals surface area (Å²) in [7, 11) is 1.51. The average molecular weight is 360 g/mol. The molecule has 25 heavy (non-hydrogen) atoms. The monoisotopic (exact) mass is 359 g/mol. The molecule has 0 saturated heterocycles. The Balaban J connectivity index is 1.77. The third-order valence-corrected chi connectivity index (χ3v) is 4.88. The van der Waals surface area contributed by atoms with Crippen LogP contribution in [0.3, 0.4) is 0 Å². The van der Waals surface area contributed by atoms with Gasteiger partial charge in [-0.3, -0.25) is 9.69 Å². The molecule has 1 aliphatic heterocycles. The number of ether oxygens (including phenoxy) is 1. The summed E-state index contributed by atoms with van der Waals surface area (Å²) in [5.74, 6) is 0.195. The summed E-state index contributed by atoms with van der Waals surface area (Å²) in [6.07, 6.45) is 0.728. The van der Waals surface area contributed by atoms with Crippen LogP contribution in [0.2, 0.25) is 5.02 Å². The zero-order valence-electron chi connectivity index (χ0n) is 14.4. The van der Waals surface area contributed by atoms with Gasteiger partial charge in [-0.2, -0.15) is 0 Å². The Hall–Kier alpha value is -2.24. The molecule has 1 heterocycles. The van der Waals surface area contributed by atoms with E-state index >= 15 is 0 Å². The molecule has 132 valence electrons. The first kappa shape index (κ1) is 17.6. The highest BCUT2D eigenvalue weighted by Crippen LogP contribution is 2.29. The third-order valence-electron chi connectivity index (χ3n) is 4.55. The van der Waals surface area contributed by atoms with Crippen molar-refractivity contribution in [1.29, 1.82) is 0 Å². The summed E-state index contributed by atoms with van der Waals surface area (Å²) in [5, 5.41) is 3.43. The molecule has 0 radical (unpaired) electrons. The summed E-state index contributed by atoms with van der Waals surface area (Å²) in [4.78, 5) is 15.0. The predicted octanol–water partition coefficient (Wildman–Crippen LogP) is 3.41. The number of nitrogen functional groups attached to an aromatic ring is 1. The predicted molar refractivity (Wildman–Crippen MR) is 99.7 cm³/mol. The van der Waals surface area contributed by atoms with Gasteiger partial charge in [-0.25, -0.2) is 0 Å². The van der Waals surface area contributed by atoms with Crippen LogP contribution in [0, 0.1) is 0 Å². The number of benzene rings is 2. The van der Waals surface area contributed by atoms with E-state index in [4.69, 9.17) is 22.1 Å². The first-order chi connectivity index (χ1) is 12.0. The van der Waals surface area contributed by atoms with Crippen LogP contribution in [0.1, 0.15) is 34.8 Å². The molecule has 1 unspecified atom stereocenters. The molecule has 0 spiro atoms. The van der Waals surface area contributed by atoms with Gasteiger partial charge >= 0.3 is 0 Å². The summed E-state index contributed by atoms with van der Waals surface area (Å²) in [6.45, 7) is 3.71. The fraction of sp³-hybridized carbons (Fsp3) is 0.316. The number of amides is 1. The van der Waals surface area contributed by atoms with Gasteiger partial charge < -0.3 is 15.8 Å². The van der Waals surface area contributed by atoms with Gasteiger partial charge in [-0.1, -0.05) is 42.8 Å². The smallest absolute Gasteiger partial charge is 0.256 e.